The first-order valence-electron chi connectivity index (χ1n) is 7.64. The fraction of sp³-hybridized carbons (Fsp3) is 0.211. The number of para-hydroxylation sites is 2. The lowest BCUT2D eigenvalue weighted by Gasteiger charge is -2.09. The molecule has 0 spiro atoms. The summed E-state index contributed by atoms with van der Waals surface area (Å²) in [5.41, 5.74) is 2.33. The third-order valence-electron chi connectivity index (χ3n) is 3.83. The van der Waals surface area contributed by atoms with Gasteiger partial charge in [0.05, 0.1) is 13.7 Å². The van der Waals surface area contributed by atoms with Crippen LogP contribution in [0.2, 0.25) is 0 Å². The van der Waals surface area contributed by atoms with Gasteiger partial charge in [-0.25, -0.2) is 0 Å². The number of nitrogens with one attached hydrogen (secondary N) is 1. The van der Waals surface area contributed by atoms with Gasteiger partial charge in [-0.05, 0) is 12.1 Å². The molecule has 0 radical (unpaired) electrons. The van der Waals surface area contributed by atoms with E-state index >= 15 is 0 Å². The van der Waals surface area contributed by atoms with Crippen LogP contribution in [0.1, 0.15) is 21.7 Å². The van der Waals surface area contributed by atoms with Gasteiger partial charge in [0.1, 0.15) is 11.3 Å². The van der Waals surface area contributed by atoms with Gasteiger partial charge in [0, 0.05) is 30.2 Å². The molecular weight excluding hydrogens is 306 g/mol. The van der Waals surface area contributed by atoms with Crippen molar-refractivity contribution in [3.8, 4) is 5.75 Å². The van der Waals surface area contributed by atoms with Crippen molar-refractivity contribution in [3.63, 3.8) is 0 Å². The van der Waals surface area contributed by atoms with Crippen LogP contribution in [0.25, 0.3) is 11.0 Å². The second-order valence-electron chi connectivity index (χ2n) is 5.33. The molecule has 5 heteroatoms. The average molecular weight is 325 g/mol. The highest BCUT2D eigenvalue weighted by molar-refractivity contribution is 5.99. The van der Waals surface area contributed by atoms with E-state index in [0.29, 0.717) is 18.7 Å². The summed E-state index contributed by atoms with van der Waals surface area (Å²) in [6, 6.07) is 15.1. The van der Waals surface area contributed by atoms with E-state index in [9.17, 15) is 4.79 Å². The van der Waals surface area contributed by atoms with Gasteiger partial charge < -0.3 is 19.2 Å². The molecule has 0 unspecified atom stereocenters. The van der Waals surface area contributed by atoms with Gasteiger partial charge in [-0.2, -0.15) is 0 Å². The van der Waals surface area contributed by atoms with Crippen LogP contribution in [0, 0.1) is 0 Å². The van der Waals surface area contributed by atoms with Crippen molar-refractivity contribution in [1.29, 1.82) is 0 Å². The van der Waals surface area contributed by atoms with E-state index in [2.05, 4.69) is 5.32 Å². The van der Waals surface area contributed by atoms with Crippen molar-refractivity contribution >= 4 is 16.9 Å². The fourth-order valence-corrected chi connectivity index (χ4v) is 2.67. The number of hydrogen-bond donors (Lipinski definition) is 1. The summed E-state index contributed by atoms with van der Waals surface area (Å²) in [4.78, 5) is 12.6. The standard InChI is InChI=1S/C19H19NO4/c1-22-12-15-14-8-4-6-10-17(14)24-18(15)19(21)20-11-13-7-3-5-9-16(13)23-2/h3-10H,11-12H2,1-2H3,(H,20,21). The summed E-state index contributed by atoms with van der Waals surface area (Å²) in [6.45, 7) is 0.667. The predicted molar refractivity (Wildman–Crippen MR) is 91.1 cm³/mol. The monoisotopic (exact) mass is 325 g/mol. The van der Waals surface area contributed by atoms with E-state index in [1.165, 1.54) is 0 Å². The summed E-state index contributed by atoms with van der Waals surface area (Å²) < 4.78 is 16.3. The van der Waals surface area contributed by atoms with Crippen LogP contribution in [-0.2, 0) is 17.9 Å². The molecule has 124 valence electrons. The van der Waals surface area contributed by atoms with Crippen LogP contribution in [0.4, 0.5) is 0 Å². The van der Waals surface area contributed by atoms with E-state index in [4.69, 9.17) is 13.9 Å². The van der Waals surface area contributed by atoms with Gasteiger partial charge in [-0.1, -0.05) is 36.4 Å². The molecule has 1 aromatic heterocycles. The molecule has 0 bridgehead atoms. The Hall–Kier alpha value is -2.79. The van der Waals surface area contributed by atoms with Crippen molar-refractivity contribution in [2.45, 2.75) is 13.2 Å². The minimum atomic E-state index is -0.274. The number of carbonyl (C=O) groups excluding carboxylic acids is 1. The maximum atomic E-state index is 12.6. The zero-order valence-electron chi connectivity index (χ0n) is 13.7. The van der Waals surface area contributed by atoms with Crippen molar-refractivity contribution in [1.82, 2.24) is 5.32 Å². The third-order valence-corrected chi connectivity index (χ3v) is 3.83. The summed E-state index contributed by atoms with van der Waals surface area (Å²) in [7, 11) is 3.20. The van der Waals surface area contributed by atoms with Gasteiger partial charge in [-0.3, -0.25) is 4.79 Å². The zero-order valence-corrected chi connectivity index (χ0v) is 13.7. The van der Waals surface area contributed by atoms with Crippen LogP contribution < -0.4 is 10.1 Å². The highest BCUT2D eigenvalue weighted by Gasteiger charge is 2.20. The van der Waals surface area contributed by atoms with Crippen LogP contribution in [0.5, 0.6) is 5.75 Å². The van der Waals surface area contributed by atoms with Crippen molar-refractivity contribution in [2.24, 2.45) is 0 Å². The largest absolute Gasteiger partial charge is 0.496 e. The highest BCUT2D eigenvalue weighted by atomic mass is 16.5. The minimum Gasteiger partial charge on any atom is -0.496 e. The molecule has 0 atom stereocenters. The molecule has 0 saturated carbocycles. The second-order valence-corrected chi connectivity index (χ2v) is 5.33. The lowest BCUT2D eigenvalue weighted by Crippen LogP contribution is -2.23. The Kier molecular flexibility index (Phi) is 4.82. The number of amides is 1. The van der Waals surface area contributed by atoms with E-state index in [0.717, 1.165) is 22.3 Å². The summed E-state index contributed by atoms with van der Waals surface area (Å²) in [6.07, 6.45) is 0. The zero-order chi connectivity index (χ0) is 16.9. The first-order valence-corrected chi connectivity index (χ1v) is 7.64. The number of ether oxygens (including phenoxy) is 2. The first kappa shape index (κ1) is 16.1. The topological polar surface area (TPSA) is 60.7 Å². The molecule has 24 heavy (non-hydrogen) atoms. The Labute approximate surface area is 140 Å². The van der Waals surface area contributed by atoms with Crippen LogP contribution >= 0.6 is 0 Å². The first-order chi connectivity index (χ1) is 11.7. The molecule has 2 aromatic carbocycles. The smallest absolute Gasteiger partial charge is 0.287 e. The molecule has 0 fully saturated rings. The van der Waals surface area contributed by atoms with E-state index in [-0.39, 0.29) is 11.7 Å². The van der Waals surface area contributed by atoms with Crippen LogP contribution in [-0.4, -0.2) is 20.1 Å². The molecule has 5 nitrogen and oxygen atoms in total. The SMILES string of the molecule is COCc1c(C(=O)NCc2ccccc2OC)oc2ccccc12. The number of carbonyl (C=O) groups is 1. The number of furan rings is 1. The lowest BCUT2D eigenvalue weighted by atomic mass is 10.1. The van der Waals surface area contributed by atoms with Gasteiger partial charge in [0.2, 0.25) is 0 Å². The summed E-state index contributed by atoms with van der Waals surface area (Å²) in [5.74, 6) is 0.747. The molecule has 0 saturated heterocycles. The maximum Gasteiger partial charge on any atom is 0.287 e. The second kappa shape index (κ2) is 7.19. The van der Waals surface area contributed by atoms with Gasteiger partial charge >= 0.3 is 0 Å². The molecule has 0 aliphatic carbocycles. The number of rotatable bonds is 6. The molecule has 1 heterocycles. The summed E-state index contributed by atoms with van der Waals surface area (Å²) >= 11 is 0. The van der Waals surface area contributed by atoms with E-state index in [1.54, 1.807) is 14.2 Å². The number of fused-ring (bicyclic) bond motifs is 1. The number of hydrogen-bond acceptors (Lipinski definition) is 4. The Balaban J connectivity index is 1.84. The van der Waals surface area contributed by atoms with E-state index in [1.807, 2.05) is 48.5 Å². The van der Waals surface area contributed by atoms with E-state index < -0.39 is 0 Å². The Morgan fingerprint density at radius 3 is 2.62 bits per heavy atom. The molecule has 0 aliphatic rings. The fourth-order valence-electron chi connectivity index (χ4n) is 2.67. The van der Waals surface area contributed by atoms with Crippen molar-refractivity contribution < 1.29 is 18.7 Å². The van der Waals surface area contributed by atoms with Crippen molar-refractivity contribution in [3.05, 3.63) is 65.4 Å². The lowest BCUT2D eigenvalue weighted by molar-refractivity contribution is 0.0918. The summed E-state index contributed by atoms with van der Waals surface area (Å²) in [5, 5.41) is 3.77. The number of methoxy groups -OCH3 is 2. The van der Waals surface area contributed by atoms with Gasteiger partial charge in [0.25, 0.3) is 5.91 Å². The molecule has 1 N–H and O–H groups in total. The Morgan fingerprint density at radius 2 is 1.83 bits per heavy atom. The number of benzene rings is 2. The third kappa shape index (κ3) is 3.12. The Bertz CT molecular complexity index is 853. The highest BCUT2D eigenvalue weighted by Crippen LogP contribution is 2.26. The minimum absolute atomic E-state index is 0.274. The molecular formula is C19H19NO4. The van der Waals surface area contributed by atoms with Crippen LogP contribution in [0.3, 0.4) is 0 Å². The van der Waals surface area contributed by atoms with Crippen molar-refractivity contribution in [2.75, 3.05) is 14.2 Å². The van der Waals surface area contributed by atoms with Gasteiger partial charge in [-0.15, -0.1) is 0 Å². The van der Waals surface area contributed by atoms with Crippen LogP contribution in [0.15, 0.2) is 52.9 Å². The van der Waals surface area contributed by atoms with Gasteiger partial charge in [0.15, 0.2) is 5.76 Å². The molecule has 3 aromatic rings. The average Bonchev–Trinajstić information content (AvgIpc) is 2.99. The molecule has 1 amide bonds. The quantitative estimate of drug-likeness (QED) is 0.753. The Morgan fingerprint density at radius 1 is 1.08 bits per heavy atom. The maximum absolute atomic E-state index is 12.6. The molecule has 3 rings (SSSR count). The molecule has 0 aliphatic heterocycles. The normalized spacial score (nSPS) is 10.8. The predicted octanol–water partition coefficient (Wildman–Crippen LogP) is 3.52.